The Morgan fingerprint density at radius 3 is 2.50 bits per heavy atom. The molecule has 1 N–H and O–H groups in total. The van der Waals surface area contributed by atoms with Crippen molar-refractivity contribution in [3.8, 4) is 0 Å². The number of aromatic nitrogens is 3. The predicted molar refractivity (Wildman–Crippen MR) is 108 cm³/mol. The highest BCUT2D eigenvalue weighted by Gasteiger charge is 2.21. The number of rotatable bonds is 5. The first-order valence-corrected chi connectivity index (χ1v) is 9.70. The van der Waals surface area contributed by atoms with Crippen molar-refractivity contribution in [2.24, 2.45) is 7.05 Å². The summed E-state index contributed by atoms with van der Waals surface area (Å²) >= 11 is 5.42. The van der Waals surface area contributed by atoms with Crippen molar-refractivity contribution in [2.75, 3.05) is 33.2 Å². The zero-order valence-corrected chi connectivity index (χ0v) is 17.3. The van der Waals surface area contributed by atoms with Crippen LogP contribution in [0.3, 0.4) is 0 Å². The van der Waals surface area contributed by atoms with E-state index >= 15 is 0 Å². The summed E-state index contributed by atoms with van der Waals surface area (Å²) in [6, 6.07) is 7.42. The van der Waals surface area contributed by atoms with Gasteiger partial charge in [-0.2, -0.15) is 5.10 Å². The Hall–Kier alpha value is -2.52. The molecular weight excluding hydrogens is 376 g/mol. The largest absolute Gasteiger partial charge is 0.345 e. The van der Waals surface area contributed by atoms with Crippen LogP contribution in [-0.2, 0) is 24.9 Å². The lowest BCUT2D eigenvalue weighted by Crippen LogP contribution is -2.48. The fourth-order valence-corrected chi connectivity index (χ4v) is 3.37. The Morgan fingerprint density at radius 2 is 1.82 bits per heavy atom. The number of nitrogens with zero attached hydrogens (tertiary/aromatic N) is 5. The topological polar surface area (TPSA) is 75.4 Å². The van der Waals surface area contributed by atoms with Gasteiger partial charge in [0.2, 0.25) is 5.91 Å². The minimum atomic E-state index is -0.160. The van der Waals surface area contributed by atoms with Crippen LogP contribution in [0.4, 0.5) is 0 Å². The standard InChI is InChI=1S/C19H26N6O2S/c1-14-6-4-5-7-15(14)18(27)20-12-16-21-25(19(28)23(16)3)13-17(26)24-10-8-22(2)9-11-24/h4-7H,8-13H2,1-3H3,(H,20,27). The highest BCUT2D eigenvalue weighted by molar-refractivity contribution is 7.71. The minimum absolute atomic E-state index is 0.0118. The average Bonchev–Trinajstić information content (AvgIpc) is 2.95. The van der Waals surface area contributed by atoms with Gasteiger partial charge >= 0.3 is 0 Å². The van der Waals surface area contributed by atoms with Crippen LogP contribution in [0.1, 0.15) is 21.7 Å². The first-order chi connectivity index (χ1) is 13.4. The summed E-state index contributed by atoms with van der Waals surface area (Å²) in [6.45, 7) is 5.43. The average molecular weight is 403 g/mol. The quantitative estimate of drug-likeness (QED) is 0.754. The second-order valence-corrected chi connectivity index (χ2v) is 7.46. The van der Waals surface area contributed by atoms with E-state index in [0.29, 0.717) is 16.2 Å². The van der Waals surface area contributed by atoms with Gasteiger partial charge in [-0.1, -0.05) is 18.2 Å². The molecular formula is C19H26N6O2S. The molecule has 1 fully saturated rings. The van der Waals surface area contributed by atoms with Crippen LogP contribution >= 0.6 is 12.2 Å². The van der Waals surface area contributed by atoms with Crippen LogP contribution in [0, 0.1) is 11.7 Å². The first-order valence-electron chi connectivity index (χ1n) is 9.29. The molecule has 1 saturated heterocycles. The van der Waals surface area contributed by atoms with Crippen LogP contribution in [0.15, 0.2) is 24.3 Å². The molecule has 1 aliphatic heterocycles. The number of carbonyl (C=O) groups excluding carboxylic acids is 2. The van der Waals surface area contributed by atoms with Crippen molar-refractivity contribution in [1.82, 2.24) is 29.5 Å². The summed E-state index contributed by atoms with van der Waals surface area (Å²) in [4.78, 5) is 29.0. The number of likely N-dealkylation sites (N-methyl/N-ethyl adjacent to an activating group) is 1. The van der Waals surface area contributed by atoms with Crippen LogP contribution in [-0.4, -0.2) is 69.2 Å². The smallest absolute Gasteiger partial charge is 0.251 e. The summed E-state index contributed by atoms with van der Waals surface area (Å²) in [5, 5.41) is 7.33. The van der Waals surface area contributed by atoms with Gasteiger partial charge in [0.05, 0.1) is 6.54 Å². The number of aryl methyl sites for hydroxylation is 1. The number of hydrogen-bond acceptors (Lipinski definition) is 5. The van der Waals surface area contributed by atoms with E-state index in [9.17, 15) is 9.59 Å². The molecule has 3 rings (SSSR count). The van der Waals surface area contributed by atoms with E-state index in [1.54, 1.807) is 17.7 Å². The lowest BCUT2D eigenvalue weighted by atomic mass is 10.1. The molecule has 0 spiro atoms. The van der Waals surface area contributed by atoms with Crippen molar-refractivity contribution in [3.05, 3.63) is 46.0 Å². The molecule has 150 valence electrons. The molecule has 0 aliphatic carbocycles. The number of piperazine rings is 1. The first kappa shape index (κ1) is 20.2. The van der Waals surface area contributed by atoms with Crippen molar-refractivity contribution < 1.29 is 9.59 Å². The maximum absolute atomic E-state index is 12.6. The summed E-state index contributed by atoms with van der Waals surface area (Å²) in [7, 11) is 3.84. The molecule has 8 nitrogen and oxygen atoms in total. The minimum Gasteiger partial charge on any atom is -0.345 e. The van der Waals surface area contributed by atoms with Gasteiger partial charge in [-0.05, 0) is 37.8 Å². The second-order valence-electron chi connectivity index (χ2n) is 7.10. The molecule has 28 heavy (non-hydrogen) atoms. The third kappa shape index (κ3) is 4.48. The molecule has 1 aliphatic rings. The van der Waals surface area contributed by atoms with Crippen LogP contribution in [0.2, 0.25) is 0 Å². The van der Waals surface area contributed by atoms with Crippen molar-refractivity contribution in [1.29, 1.82) is 0 Å². The summed E-state index contributed by atoms with van der Waals surface area (Å²) < 4.78 is 3.72. The van der Waals surface area contributed by atoms with E-state index in [0.717, 1.165) is 31.7 Å². The SMILES string of the molecule is Cc1ccccc1C(=O)NCc1nn(CC(=O)N2CCN(C)CC2)c(=S)n1C. The van der Waals surface area contributed by atoms with Gasteiger partial charge in [0.1, 0.15) is 6.54 Å². The monoisotopic (exact) mass is 402 g/mol. The summed E-state index contributed by atoms with van der Waals surface area (Å²) in [5.74, 6) is 0.461. The Balaban J connectivity index is 1.64. The van der Waals surface area contributed by atoms with Crippen molar-refractivity contribution in [2.45, 2.75) is 20.0 Å². The molecule has 1 aromatic heterocycles. The highest BCUT2D eigenvalue weighted by atomic mass is 32.1. The lowest BCUT2D eigenvalue weighted by molar-refractivity contribution is -0.133. The predicted octanol–water partition coefficient (Wildman–Crippen LogP) is 0.964. The summed E-state index contributed by atoms with van der Waals surface area (Å²) in [6.07, 6.45) is 0. The van der Waals surface area contributed by atoms with Crippen molar-refractivity contribution >= 4 is 24.0 Å². The maximum Gasteiger partial charge on any atom is 0.251 e. The van der Waals surface area contributed by atoms with E-state index in [1.165, 1.54) is 4.68 Å². The van der Waals surface area contributed by atoms with Gasteiger partial charge in [-0.3, -0.25) is 9.59 Å². The maximum atomic E-state index is 12.6. The third-order valence-corrected chi connectivity index (χ3v) is 5.55. The molecule has 2 amide bonds. The molecule has 0 radical (unpaired) electrons. The van der Waals surface area contributed by atoms with E-state index in [2.05, 4.69) is 15.3 Å². The Morgan fingerprint density at radius 1 is 1.14 bits per heavy atom. The summed E-state index contributed by atoms with van der Waals surface area (Å²) in [5.41, 5.74) is 1.55. The van der Waals surface area contributed by atoms with E-state index in [-0.39, 0.29) is 24.9 Å². The normalized spacial score (nSPS) is 14.9. The number of carbonyl (C=O) groups is 2. The van der Waals surface area contributed by atoms with E-state index in [4.69, 9.17) is 12.2 Å². The van der Waals surface area contributed by atoms with Crippen LogP contribution < -0.4 is 5.32 Å². The number of nitrogens with one attached hydrogen (secondary N) is 1. The third-order valence-electron chi connectivity index (χ3n) is 5.07. The molecule has 9 heteroatoms. The Labute approximate surface area is 169 Å². The zero-order valence-electron chi connectivity index (χ0n) is 16.5. The molecule has 2 aromatic rings. The van der Waals surface area contributed by atoms with Gasteiger partial charge < -0.3 is 19.7 Å². The van der Waals surface area contributed by atoms with Crippen molar-refractivity contribution in [3.63, 3.8) is 0 Å². The molecule has 1 aromatic carbocycles. The van der Waals surface area contributed by atoms with Gasteiger partial charge in [0.25, 0.3) is 5.91 Å². The lowest BCUT2D eigenvalue weighted by Gasteiger charge is -2.32. The van der Waals surface area contributed by atoms with Gasteiger partial charge in [-0.15, -0.1) is 0 Å². The van der Waals surface area contributed by atoms with Gasteiger partial charge in [-0.25, -0.2) is 4.68 Å². The molecule has 0 atom stereocenters. The zero-order chi connectivity index (χ0) is 20.3. The number of amides is 2. The second kappa shape index (κ2) is 8.66. The van der Waals surface area contributed by atoms with Crippen LogP contribution in [0.25, 0.3) is 0 Å². The highest BCUT2D eigenvalue weighted by Crippen LogP contribution is 2.08. The molecule has 0 unspecified atom stereocenters. The van der Waals surface area contributed by atoms with E-state index in [1.807, 2.05) is 37.1 Å². The number of benzene rings is 1. The van der Waals surface area contributed by atoms with Gasteiger partial charge in [0.15, 0.2) is 10.6 Å². The fraction of sp³-hybridized carbons (Fsp3) is 0.474. The van der Waals surface area contributed by atoms with Crippen LogP contribution in [0.5, 0.6) is 0 Å². The fourth-order valence-electron chi connectivity index (χ4n) is 3.16. The molecule has 0 saturated carbocycles. The van der Waals surface area contributed by atoms with E-state index < -0.39 is 0 Å². The number of hydrogen-bond donors (Lipinski definition) is 1. The Bertz CT molecular complexity index is 927. The molecule has 0 bridgehead atoms. The Kier molecular flexibility index (Phi) is 6.25. The van der Waals surface area contributed by atoms with Gasteiger partial charge in [0, 0.05) is 38.8 Å². The molecule has 2 heterocycles.